The molecule has 0 N–H and O–H groups in total. The van der Waals surface area contributed by atoms with Crippen molar-refractivity contribution in [2.75, 3.05) is 0 Å². The Morgan fingerprint density at radius 2 is 1.52 bits per heavy atom. The van der Waals surface area contributed by atoms with Crippen LogP contribution in [0.3, 0.4) is 0 Å². The quantitative estimate of drug-likeness (QED) is 0.141. The van der Waals surface area contributed by atoms with Gasteiger partial charge in [-0.05, 0) is 59.2 Å². The van der Waals surface area contributed by atoms with E-state index in [1.54, 1.807) is 12.5 Å². The van der Waals surface area contributed by atoms with Crippen molar-refractivity contribution in [2.45, 2.75) is 71.0 Å². The van der Waals surface area contributed by atoms with Crippen molar-refractivity contribution in [3.8, 4) is 0 Å². The molecule has 0 aliphatic carbocycles. The lowest BCUT2D eigenvalue weighted by Crippen LogP contribution is -2.39. The third-order valence-corrected chi connectivity index (χ3v) is 6.58. The smallest absolute Gasteiger partial charge is 0.417 e. The fourth-order valence-electron chi connectivity index (χ4n) is 4.23. The molecule has 1 aromatic heterocycles. The summed E-state index contributed by atoms with van der Waals surface area (Å²) >= 11 is 3.67. The average molecular weight is 633 g/mol. The zero-order valence-electron chi connectivity index (χ0n) is 25.1. The molecule has 220 valence electrons. The fourth-order valence-corrected chi connectivity index (χ4v) is 4.85. The number of hydrogen-bond acceptors (Lipinski definition) is 6. The monoisotopic (exact) mass is 631 g/mol. The number of amides is 1. The molecule has 0 unspecified atom stereocenters. The van der Waals surface area contributed by atoms with Crippen molar-refractivity contribution >= 4 is 33.6 Å². The highest BCUT2D eigenvalue weighted by Crippen LogP contribution is 2.32. The number of benzene rings is 2. The zero-order chi connectivity index (χ0) is 30.3. The molecule has 0 atom stereocenters. The maximum atomic E-state index is 13.7. The van der Waals surface area contributed by atoms with Crippen LogP contribution in [0.5, 0.6) is 0 Å². The molecule has 0 saturated carbocycles. The van der Waals surface area contributed by atoms with Crippen LogP contribution >= 0.6 is 15.9 Å². The number of nitrogens with zero attached hydrogens (tertiary/aromatic N) is 3. The lowest BCUT2D eigenvalue weighted by atomic mass is 10.0. The van der Waals surface area contributed by atoms with Crippen molar-refractivity contribution in [1.82, 2.24) is 9.88 Å². The Hall–Kier alpha value is -3.91. The van der Waals surface area contributed by atoms with Crippen LogP contribution in [0.1, 0.15) is 70.2 Å². The predicted octanol–water partition coefficient (Wildman–Crippen LogP) is 8.80. The van der Waals surface area contributed by atoms with E-state index in [4.69, 9.17) is 19.2 Å². The summed E-state index contributed by atoms with van der Waals surface area (Å²) < 4.78 is 18.0. The van der Waals surface area contributed by atoms with Crippen molar-refractivity contribution < 1.29 is 19.0 Å². The molecule has 1 aliphatic heterocycles. The number of pyridine rings is 1. The molecule has 8 heteroatoms. The minimum Gasteiger partial charge on any atom is -0.471 e. The van der Waals surface area contributed by atoms with E-state index in [1.807, 2.05) is 114 Å². The maximum absolute atomic E-state index is 13.7. The molecule has 4 rings (SSSR count). The summed E-state index contributed by atoms with van der Waals surface area (Å²) in [4.78, 5) is 25.0. The molecule has 0 saturated heterocycles. The third-order valence-electron chi connectivity index (χ3n) is 6.01. The van der Waals surface area contributed by atoms with Gasteiger partial charge in [-0.1, -0.05) is 76.6 Å². The minimum atomic E-state index is -0.714. The molecular weight excluding hydrogens is 594 g/mol. The summed E-state index contributed by atoms with van der Waals surface area (Å²) in [5, 5.41) is 0.470. The van der Waals surface area contributed by atoms with Gasteiger partial charge in [-0.25, -0.2) is 19.7 Å². The molecule has 42 heavy (non-hydrogen) atoms. The predicted molar refractivity (Wildman–Crippen MR) is 170 cm³/mol. The van der Waals surface area contributed by atoms with E-state index in [1.165, 1.54) is 4.90 Å². The number of alkyl halides is 1. The Morgan fingerprint density at radius 3 is 2.02 bits per heavy atom. The first-order valence-corrected chi connectivity index (χ1v) is 15.0. The Labute approximate surface area is 257 Å². The standard InChI is InChI=1S/C34H38BrN3O4/c1-33(2,3)41-31(28-18-13-21-40-28)38(32(39)42-34(4,5)6)23-26-19-20-36-30(27(26)22-35)37-29(24-14-9-7-10-15-24)25-16-11-8-12-17-25/h7-17,19-21H,18,22-23H2,1-6H3. The average Bonchev–Trinajstić information content (AvgIpc) is 3.48. The molecular formula is C34H38BrN3O4. The van der Waals surface area contributed by atoms with Crippen LogP contribution in [-0.2, 0) is 26.1 Å². The second kappa shape index (κ2) is 13.4. The van der Waals surface area contributed by atoms with Crippen molar-refractivity contribution in [3.63, 3.8) is 0 Å². The summed E-state index contributed by atoms with van der Waals surface area (Å²) in [7, 11) is 0. The minimum absolute atomic E-state index is 0.158. The molecule has 7 nitrogen and oxygen atoms in total. The van der Waals surface area contributed by atoms with Crippen molar-refractivity contribution in [1.29, 1.82) is 0 Å². The molecule has 0 bridgehead atoms. The Kier molecular flexibility index (Phi) is 9.89. The van der Waals surface area contributed by atoms with E-state index in [0.717, 1.165) is 28.0 Å². The van der Waals surface area contributed by atoms with Gasteiger partial charge in [0.1, 0.15) is 11.2 Å². The van der Waals surface area contributed by atoms with Gasteiger partial charge in [-0.15, -0.1) is 0 Å². The number of aliphatic imine (C=N–C) groups is 1. The van der Waals surface area contributed by atoms with E-state index >= 15 is 0 Å². The number of allylic oxidation sites excluding steroid dienone is 1. The number of carbonyl (C=O) groups excluding carboxylic acids is 1. The summed E-state index contributed by atoms with van der Waals surface area (Å²) in [6.07, 6.45) is 5.16. The lowest BCUT2D eigenvalue weighted by molar-refractivity contribution is -0.0264. The van der Waals surface area contributed by atoms with Crippen LogP contribution in [0.25, 0.3) is 0 Å². The Balaban J connectivity index is 1.83. The van der Waals surface area contributed by atoms with Gasteiger partial charge in [0.05, 0.1) is 18.5 Å². The summed E-state index contributed by atoms with van der Waals surface area (Å²) in [5.74, 6) is 1.42. The van der Waals surface area contributed by atoms with E-state index in [0.29, 0.717) is 29.2 Å². The summed E-state index contributed by atoms with van der Waals surface area (Å²) in [5.41, 5.74) is 3.13. The molecule has 0 spiro atoms. The summed E-state index contributed by atoms with van der Waals surface area (Å²) in [6.45, 7) is 11.5. The Morgan fingerprint density at radius 1 is 0.929 bits per heavy atom. The van der Waals surface area contributed by atoms with Gasteiger partial charge in [0.25, 0.3) is 0 Å². The molecule has 3 aromatic rings. The van der Waals surface area contributed by atoms with E-state index in [9.17, 15) is 4.79 Å². The van der Waals surface area contributed by atoms with Crippen molar-refractivity contribution in [3.05, 3.63) is 119 Å². The van der Waals surface area contributed by atoms with Crippen LogP contribution in [0.15, 0.2) is 102 Å². The number of hydrogen-bond donors (Lipinski definition) is 0. The Bertz CT molecular complexity index is 1420. The first kappa shape index (κ1) is 31.0. The topological polar surface area (TPSA) is 73.2 Å². The van der Waals surface area contributed by atoms with Gasteiger partial charge < -0.3 is 14.2 Å². The molecule has 1 aliphatic rings. The number of aromatic nitrogens is 1. The number of ether oxygens (including phenoxy) is 3. The van der Waals surface area contributed by atoms with Crippen LogP contribution in [0, 0.1) is 0 Å². The van der Waals surface area contributed by atoms with E-state index < -0.39 is 17.3 Å². The van der Waals surface area contributed by atoms with E-state index in [-0.39, 0.29) is 6.54 Å². The number of carbonyl (C=O) groups is 1. The normalized spacial score (nSPS) is 14.2. The van der Waals surface area contributed by atoms with Gasteiger partial charge in [0.2, 0.25) is 5.88 Å². The van der Waals surface area contributed by atoms with Gasteiger partial charge in [0, 0.05) is 34.6 Å². The number of rotatable bonds is 8. The highest BCUT2D eigenvalue weighted by Gasteiger charge is 2.33. The second-order valence-corrected chi connectivity index (χ2v) is 12.4. The van der Waals surface area contributed by atoms with Gasteiger partial charge in [-0.2, -0.15) is 0 Å². The van der Waals surface area contributed by atoms with E-state index in [2.05, 4.69) is 20.9 Å². The first-order chi connectivity index (χ1) is 19.9. The second-order valence-electron chi connectivity index (χ2n) is 11.8. The highest BCUT2D eigenvalue weighted by molar-refractivity contribution is 9.08. The molecule has 0 fully saturated rings. The van der Waals surface area contributed by atoms with Gasteiger partial charge >= 0.3 is 6.09 Å². The maximum Gasteiger partial charge on any atom is 0.417 e. The SMILES string of the molecule is CC(C)(C)OC(=O)N(Cc1ccnc(N=C(c2ccccc2)c2ccccc2)c1CBr)C(OC(C)(C)C)=C1CC=CO1. The van der Waals surface area contributed by atoms with Crippen LogP contribution in [-0.4, -0.2) is 32.9 Å². The van der Waals surface area contributed by atoms with Crippen LogP contribution < -0.4 is 0 Å². The highest BCUT2D eigenvalue weighted by atomic mass is 79.9. The largest absolute Gasteiger partial charge is 0.471 e. The van der Waals surface area contributed by atoms with Crippen molar-refractivity contribution in [2.24, 2.45) is 4.99 Å². The number of halogens is 1. The fraction of sp³-hybridized carbons (Fsp3) is 0.324. The lowest BCUT2D eigenvalue weighted by Gasteiger charge is -2.33. The molecule has 1 amide bonds. The van der Waals surface area contributed by atoms with Gasteiger partial charge in [-0.3, -0.25) is 0 Å². The molecule has 0 radical (unpaired) electrons. The zero-order valence-corrected chi connectivity index (χ0v) is 26.6. The summed E-state index contributed by atoms with van der Waals surface area (Å²) in [6, 6.07) is 22.0. The van der Waals surface area contributed by atoms with Gasteiger partial charge in [0.15, 0.2) is 11.6 Å². The molecule has 2 aromatic carbocycles. The third kappa shape index (κ3) is 8.32. The molecule has 2 heterocycles. The van der Waals surface area contributed by atoms with Crippen LogP contribution in [0.2, 0.25) is 0 Å². The van der Waals surface area contributed by atoms with Crippen LogP contribution in [0.4, 0.5) is 10.6 Å². The first-order valence-electron chi connectivity index (χ1n) is 13.9.